The number of hydrogen-bond acceptors (Lipinski definition) is 5. The molecule has 0 saturated heterocycles. The van der Waals surface area contributed by atoms with Gasteiger partial charge in [-0.25, -0.2) is 0 Å². The van der Waals surface area contributed by atoms with E-state index >= 15 is 0 Å². The van der Waals surface area contributed by atoms with Crippen LogP contribution in [0.5, 0.6) is 5.75 Å². The van der Waals surface area contributed by atoms with Crippen molar-refractivity contribution in [1.29, 1.82) is 0 Å². The number of rotatable bonds is 5. The fourth-order valence-electron chi connectivity index (χ4n) is 1.88. The molecule has 2 aromatic carbocycles. The number of non-ortho nitro benzene ring substituents is 1. The van der Waals surface area contributed by atoms with Crippen LogP contribution in [0.4, 0.5) is 11.4 Å². The molecule has 0 saturated carbocycles. The van der Waals surface area contributed by atoms with E-state index in [0.717, 1.165) is 5.56 Å². The van der Waals surface area contributed by atoms with E-state index in [1.54, 1.807) is 12.1 Å². The number of nitro groups is 1. The molecule has 7 nitrogen and oxygen atoms in total. The number of anilines is 1. The topological polar surface area (TPSA) is 118 Å². The van der Waals surface area contributed by atoms with Gasteiger partial charge >= 0.3 is 0 Å². The summed E-state index contributed by atoms with van der Waals surface area (Å²) in [5.41, 5.74) is 7.05. The van der Waals surface area contributed by atoms with Gasteiger partial charge in [-0.05, 0) is 36.2 Å². The third-order valence-electron chi connectivity index (χ3n) is 3.07. The zero-order valence-electron chi connectivity index (χ0n) is 11.6. The minimum atomic E-state index is -0.764. The van der Waals surface area contributed by atoms with Gasteiger partial charge in [-0.15, -0.1) is 0 Å². The molecule has 2 aromatic rings. The van der Waals surface area contributed by atoms with E-state index in [4.69, 9.17) is 5.73 Å². The van der Waals surface area contributed by atoms with E-state index in [-0.39, 0.29) is 17.3 Å². The standard InChI is InChI=1S/C15H15N3O4/c16-14(9-10-1-7-13(19)8-2-10)15(20)17-11-3-5-12(6-4-11)18(21)22/h1-8,14,19H,9,16H2,(H,17,20). The number of nitrogens with one attached hydrogen (secondary N) is 1. The first kappa shape index (κ1) is 15.5. The number of hydrogen-bond donors (Lipinski definition) is 3. The van der Waals surface area contributed by atoms with E-state index < -0.39 is 11.0 Å². The highest BCUT2D eigenvalue weighted by molar-refractivity contribution is 5.94. The molecule has 1 atom stereocenters. The maximum absolute atomic E-state index is 12.0. The number of nitrogens with two attached hydrogens (primary N) is 1. The van der Waals surface area contributed by atoms with Gasteiger partial charge in [-0.2, -0.15) is 0 Å². The zero-order chi connectivity index (χ0) is 16.1. The minimum absolute atomic E-state index is 0.0496. The van der Waals surface area contributed by atoms with Gasteiger partial charge in [0.2, 0.25) is 5.91 Å². The maximum atomic E-state index is 12.0. The Balaban J connectivity index is 1.95. The summed E-state index contributed by atoms with van der Waals surface area (Å²) in [5.74, 6) is -0.241. The lowest BCUT2D eigenvalue weighted by Crippen LogP contribution is -2.37. The highest BCUT2D eigenvalue weighted by Gasteiger charge is 2.15. The van der Waals surface area contributed by atoms with Crippen LogP contribution < -0.4 is 11.1 Å². The van der Waals surface area contributed by atoms with Crippen LogP contribution in [0.1, 0.15) is 5.56 Å². The Bertz CT molecular complexity index is 668. The summed E-state index contributed by atoms with van der Waals surface area (Å²) in [6.07, 6.45) is 0.319. The molecule has 2 rings (SSSR count). The molecular weight excluding hydrogens is 286 g/mol. The summed E-state index contributed by atoms with van der Waals surface area (Å²) in [7, 11) is 0. The van der Waals surface area contributed by atoms with Crippen LogP contribution in [0.2, 0.25) is 0 Å². The van der Waals surface area contributed by atoms with E-state index in [2.05, 4.69) is 5.32 Å². The lowest BCUT2D eigenvalue weighted by Gasteiger charge is -2.12. The van der Waals surface area contributed by atoms with Crippen molar-refractivity contribution in [3.8, 4) is 5.75 Å². The molecular formula is C15H15N3O4. The second kappa shape index (κ2) is 6.68. The van der Waals surface area contributed by atoms with Crippen molar-refractivity contribution in [2.24, 2.45) is 5.73 Å². The highest BCUT2D eigenvalue weighted by Crippen LogP contribution is 2.16. The fraction of sp³-hybridized carbons (Fsp3) is 0.133. The smallest absolute Gasteiger partial charge is 0.269 e. The van der Waals surface area contributed by atoms with Crippen LogP contribution in [-0.2, 0) is 11.2 Å². The van der Waals surface area contributed by atoms with Crippen molar-refractivity contribution in [1.82, 2.24) is 0 Å². The number of benzene rings is 2. The maximum Gasteiger partial charge on any atom is 0.269 e. The summed E-state index contributed by atoms with van der Waals surface area (Å²) < 4.78 is 0. The molecule has 1 unspecified atom stereocenters. The predicted molar refractivity (Wildman–Crippen MR) is 81.5 cm³/mol. The molecule has 7 heteroatoms. The largest absolute Gasteiger partial charge is 0.508 e. The molecule has 4 N–H and O–H groups in total. The second-order valence-electron chi connectivity index (χ2n) is 4.77. The number of phenols is 1. The lowest BCUT2D eigenvalue weighted by atomic mass is 10.1. The van der Waals surface area contributed by atoms with Crippen LogP contribution in [0.25, 0.3) is 0 Å². The molecule has 0 aromatic heterocycles. The van der Waals surface area contributed by atoms with E-state index in [1.807, 2.05) is 0 Å². The number of amides is 1. The molecule has 0 radical (unpaired) electrons. The minimum Gasteiger partial charge on any atom is -0.508 e. The second-order valence-corrected chi connectivity index (χ2v) is 4.77. The monoisotopic (exact) mass is 301 g/mol. The van der Waals surface area contributed by atoms with E-state index in [1.165, 1.54) is 36.4 Å². The van der Waals surface area contributed by atoms with Gasteiger partial charge in [-0.1, -0.05) is 12.1 Å². The van der Waals surface area contributed by atoms with Crippen molar-refractivity contribution >= 4 is 17.3 Å². The Morgan fingerprint density at radius 2 is 1.77 bits per heavy atom. The third kappa shape index (κ3) is 4.03. The zero-order valence-corrected chi connectivity index (χ0v) is 11.6. The number of carbonyl (C=O) groups is 1. The fourth-order valence-corrected chi connectivity index (χ4v) is 1.88. The van der Waals surface area contributed by atoms with Gasteiger partial charge in [0.05, 0.1) is 11.0 Å². The Morgan fingerprint density at radius 1 is 1.18 bits per heavy atom. The van der Waals surface area contributed by atoms with Crippen molar-refractivity contribution in [3.63, 3.8) is 0 Å². The number of aromatic hydroxyl groups is 1. The average molecular weight is 301 g/mol. The van der Waals surface area contributed by atoms with Crippen LogP contribution in [0, 0.1) is 10.1 Å². The Kier molecular flexibility index (Phi) is 4.70. The first-order valence-corrected chi connectivity index (χ1v) is 6.54. The molecule has 0 fully saturated rings. The summed E-state index contributed by atoms with van der Waals surface area (Å²) in [5, 5.41) is 22.4. The quantitative estimate of drug-likeness (QED) is 0.575. The molecule has 114 valence electrons. The van der Waals surface area contributed by atoms with Crippen LogP contribution in [0.15, 0.2) is 48.5 Å². The number of phenolic OH excluding ortho intramolecular Hbond substituents is 1. The van der Waals surface area contributed by atoms with Crippen molar-refractivity contribution in [2.75, 3.05) is 5.32 Å². The molecule has 22 heavy (non-hydrogen) atoms. The number of nitro benzene ring substituents is 1. The molecule has 1 amide bonds. The number of nitrogens with zero attached hydrogens (tertiary/aromatic N) is 1. The highest BCUT2D eigenvalue weighted by atomic mass is 16.6. The summed E-state index contributed by atoms with van der Waals surface area (Å²) >= 11 is 0. The van der Waals surface area contributed by atoms with Gasteiger partial charge in [0, 0.05) is 17.8 Å². The first-order valence-electron chi connectivity index (χ1n) is 6.54. The summed E-state index contributed by atoms with van der Waals surface area (Å²) in [6.45, 7) is 0. The van der Waals surface area contributed by atoms with E-state index in [0.29, 0.717) is 12.1 Å². The molecule has 0 spiro atoms. The molecule has 0 aliphatic heterocycles. The van der Waals surface area contributed by atoms with Crippen molar-refractivity contribution in [2.45, 2.75) is 12.5 Å². The predicted octanol–water partition coefficient (Wildman–Crippen LogP) is 1.81. The van der Waals surface area contributed by atoms with Gasteiger partial charge in [0.25, 0.3) is 5.69 Å². The third-order valence-corrected chi connectivity index (χ3v) is 3.07. The Hall–Kier alpha value is -2.93. The Labute approximate surface area is 126 Å². The number of carbonyl (C=O) groups excluding carboxylic acids is 1. The van der Waals surface area contributed by atoms with Gasteiger partial charge in [0.15, 0.2) is 0 Å². The summed E-state index contributed by atoms with van der Waals surface area (Å²) in [6, 6.07) is 11.2. The Morgan fingerprint density at radius 3 is 2.32 bits per heavy atom. The first-order chi connectivity index (χ1) is 10.5. The van der Waals surface area contributed by atoms with Crippen molar-refractivity contribution < 1.29 is 14.8 Å². The van der Waals surface area contributed by atoms with Crippen LogP contribution in [-0.4, -0.2) is 22.0 Å². The molecule has 0 aliphatic carbocycles. The summed E-state index contributed by atoms with van der Waals surface area (Å²) in [4.78, 5) is 22.0. The van der Waals surface area contributed by atoms with Gasteiger partial charge in [0.1, 0.15) is 5.75 Å². The molecule has 0 heterocycles. The SMILES string of the molecule is NC(Cc1ccc(O)cc1)C(=O)Nc1ccc([N+](=O)[O-])cc1. The van der Waals surface area contributed by atoms with E-state index in [9.17, 15) is 20.0 Å². The molecule has 0 aliphatic rings. The van der Waals surface area contributed by atoms with Crippen molar-refractivity contribution in [3.05, 3.63) is 64.2 Å². The lowest BCUT2D eigenvalue weighted by molar-refractivity contribution is -0.384. The average Bonchev–Trinajstić information content (AvgIpc) is 2.50. The van der Waals surface area contributed by atoms with Crippen LogP contribution >= 0.6 is 0 Å². The van der Waals surface area contributed by atoms with Gasteiger partial charge < -0.3 is 16.2 Å². The normalized spacial score (nSPS) is 11.7. The molecule has 0 bridgehead atoms. The van der Waals surface area contributed by atoms with Gasteiger partial charge in [-0.3, -0.25) is 14.9 Å². The van der Waals surface area contributed by atoms with Crippen LogP contribution in [0.3, 0.4) is 0 Å².